The molecule has 0 atom stereocenters. The molecule has 0 radical (unpaired) electrons. The van der Waals surface area contributed by atoms with Crippen molar-refractivity contribution in [2.24, 2.45) is 4.99 Å². The Balaban J connectivity index is 2.44. The van der Waals surface area contributed by atoms with E-state index in [4.69, 9.17) is 0 Å². The summed E-state index contributed by atoms with van der Waals surface area (Å²) in [6.07, 6.45) is 1.33. The predicted molar refractivity (Wildman–Crippen MR) is 90.3 cm³/mol. The van der Waals surface area contributed by atoms with Crippen LogP contribution in [0.15, 0.2) is 38.2 Å². The van der Waals surface area contributed by atoms with Crippen LogP contribution in [0.4, 0.5) is 11.4 Å². The second-order valence-corrected chi connectivity index (χ2v) is 6.18. The lowest BCUT2D eigenvalue weighted by Crippen LogP contribution is -1.93. The van der Waals surface area contributed by atoms with Crippen molar-refractivity contribution in [3.63, 3.8) is 0 Å². The fraction of sp³-hybridized carbons (Fsp3) is 0.0714. The van der Waals surface area contributed by atoms with Crippen LogP contribution in [0.1, 0.15) is 11.1 Å². The number of halogens is 2. The molecule has 8 heteroatoms. The molecule has 0 saturated carbocycles. The highest BCUT2D eigenvalue weighted by Gasteiger charge is 2.12. The lowest BCUT2D eigenvalue weighted by Gasteiger charge is -2.04. The van der Waals surface area contributed by atoms with Gasteiger partial charge >= 0.3 is 0 Å². The minimum absolute atomic E-state index is 0.0491. The third kappa shape index (κ3) is 3.45. The van der Waals surface area contributed by atoms with E-state index in [2.05, 4.69) is 36.9 Å². The monoisotopic (exact) mass is 428 g/mol. The van der Waals surface area contributed by atoms with E-state index in [0.717, 1.165) is 0 Å². The van der Waals surface area contributed by atoms with E-state index in [-0.39, 0.29) is 22.7 Å². The van der Waals surface area contributed by atoms with Crippen molar-refractivity contribution in [1.82, 2.24) is 0 Å². The van der Waals surface area contributed by atoms with E-state index in [0.29, 0.717) is 20.2 Å². The highest BCUT2D eigenvalue weighted by Crippen LogP contribution is 2.36. The highest BCUT2D eigenvalue weighted by molar-refractivity contribution is 9.11. The van der Waals surface area contributed by atoms with Crippen LogP contribution in [0.2, 0.25) is 0 Å². The molecule has 2 aromatic rings. The Morgan fingerprint density at radius 3 is 2.27 bits per heavy atom. The lowest BCUT2D eigenvalue weighted by molar-refractivity contribution is -0.384. The summed E-state index contributed by atoms with van der Waals surface area (Å²) in [6.45, 7) is 1.58. The van der Waals surface area contributed by atoms with Gasteiger partial charge in [0.1, 0.15) is 11.5 Å². The molecule has 2 N–H and O–H groups in total. The molecule has 0 aromatic heterocycles. The van der Waals surface area contributed by atoms with Crippen molar-refractivity contribution in [2.75, 3.05) is 0 Å². The smallest absolute Gasteiger partial charge is 0.270 e. The summed E-state index contributed by atoms with van der Waals surface area (Å²) in [4.78, 5) is 14.5. The van der Waals surface area contributed by atoms with E-state index >= 15 is 0 Å². The Bertz CT molecular complexity index is 768. The summed E-state index contributed by atoms with van der Waals surface area (Å²) in [6, 6.07) is 5.70. The normalized spacial score (nSPS) is 11.0. The van der Waals surface area contributed by atoms with Gasteiger partial charge in [0.2, 0.25) is 0 Å². The number of benzene rings is 2. The van der Waals surface area contributed by atoms with Crippen molar-refractivity contribution in [1.29, 1.82) is 0 Å². The van der Waals surface area contributed by atoms with Crippen molar-refractivity contribution in [3.8, 4) is 11.5 Å². The molecule has 2 rings (SSSR count). The first-order valence-corrected chi connectivity index (χ1v) is 7.58. The van der Waals surface area contributed by atoms with Crippen LogP contribution < -0.4 is 0 Å². The Hall–Kier alpha value is -1.93. The molecule has 0 fully saturated rings. The molecule has 0 spiro atoms. The Morgan fingerprint density at radius 2 is 1.73 bits per heavy atom. The number of nitrogens with zero attached hydrogens (tertiary/aromatic N) is 2. The van der Waals surface area contributed by atoms with Gasteiger partial charge in [-0.2, -0.15) is 0 Å². The van der Waals surface area contributed by atoms with Crippen LogP contribution in [0, 0.1) is 17.0 Å². The number of nitro benzene ring substituents is 1. The molecule has 0 bridgehead atoms. The molecule has 0 unspecified atom stereocenters. The van der Waals surface area contributed by atoms with Gasteiger partial charge in [-0.05, 0) is 56.5 Å². The number of hydrogen-bond acceptors (Lipinski definition) is 5. The zero-order valence-corrected chi connectivity index (χ0v) is 14.4. The first-order valence-electron chi connectivity index (χ1n) is 5.99. The summed E-state index contributed by atoms with van der Waals surface area (Å²) in [7, 11) is 0. The van der Waals surface area contributed by atoms with Crippen LogP contribution in [0.5, 0.6) is 11.5 Å². The summed E-state index contributed by atoms with van der Waals surface area (Å²) >= 11 is 6.37. The van der Waals surface area contributed by atoms with E-state index in [1.165, 1.54) is 18.3 Å². The Kier molecular flexibility index (Phi) is 4.82. The van der Waals surface area contributed by atoms with Gasteiger partial charge in [0.25, 0.3) is 5.69 Å². The molecule has 0 heterocycles. The number of aliphatic imine (C=N–C) groups is 1. The molecule has 0 aliphatic rings. The Labute approximate surface area is 142 Å². The quantitative estimate of drug-likeness (QED) is 0.423. The van der Waals surface area contributed by atoms with Gasteiger partial charge < -0.3 is 10.2 Å². The van der Waals surface area contributed by atoms with Gasteiger partial charge in [0.05, 0.1) is 19.6 Å². The predicted octanol–water partition coefficient (Wildman–Crippen LogP) is 4.59. The first-order chi connectivity index (χ1) is 10.3. The average molecular weight is 430 g/mol. The third-order valence-electron chi connectivity index (χ3n) is 2.88. The molecule has 6 nitrogen and oxygen atoms in total. The number of aryl methyl sites for hydroxylation is 1. The van der Waals surface area contributed by atoms with E-state index in [9.17, 15) is 20.3 Å². The standard InChI is InChI=1S/C14H10Br2N2O4/c1-7-2-10(18(21)22)3-8(13(7)19)6-17-9-4-11(15)14(20)12(16)5-9/h2-6,19-20H,1H3. The maximum atomic E-state index is 10.9. The molecular weight excluding hydrogens is 420 g/mol. The number of hydrogen-bond donors (Lipinski definition) is 2. The molecule has 0 aliphatic carbocycles. The van der Waals surface area contributed by atoms with E-state index in [1.54, 1.807) is 19.1 Å². The first kappa shape index (κ1) is 16.4. The molecule has 2 aromatic carbocycles. The zero-order valence-electron chi connectivity index (χ0n) is 11.2. The third-order valence-corrected chi connectivity index (χ3v) is 4.09. The number of phenols is 2. The number of phenolic OH excluding ortho intramolecular Hbond substituents is 2. The van der Waals surface area contributed by atoms with Crippen molar-refractivity contribution in [3.05, 3.63) is 54.5 Å². The van der Waals surface area contributed by atoms with E-state index < -0.39 is 4.92 Å². The second kappa shape index (κ2) is 6.45. The second-order valence-electron chi connectivity index (χ2n) is 4.47. The maximum Gasteiger partial charge on any atom is 0.270 e. The van der Waals surface area contributed by atoms with Gasteiger partial charge in [0, 0.05) is 23.9 Å². The van der Waals surface area contributed by atoms with Crippen LogP contribution in [-0.4, -0.2) is 21.4 Å². The highest BCUT2D eigenvalue weighted by atomic mass is 79.9. The van der Waals surface area contributed by atoms with Gasteiger partial charge in [-0.3, -0.25) is 15.1 Å². The molecule has 114 valence electrons. The Morgan fingerprint density at radius 1 is 1.14 bits per heavy atom. The average Bonchev–Trinajstić information content (AvgIpc) is 2.45. The lowest BCUT2D eigenvalue weighted by atomic mass is 10.1. The van der Waals surface area contributed by atoms with Crippen LogP contribution in [-0.2, 0) is 0 Å². The number of aromatic hydroxyl groups is 2. The van der Waals surface area contributed by atoms with Gasteiger partial charge in [-0.15, -0.1) is 0 Å². The van der Waals surface area contributed by atoms with Crippen molar-refractivity contribution in [2.45, 2.75) is 6.92 Å². The molecule has 0 saturated heterocycles. The van der Waals surface area contributed by atoms with Crippen LogP contribution in [0.3, 0.4) is 0 Å². The summed E-state index contributed by atoms with van der Waals surface area (Å²) in [5, 5.41) is 30.5. The summed E-state index contributed by atoms with van der Waals surface area (Å²) in [5.41, 5.74) is 1.01. The van der Waals surface area contributed by atoms with Crippen LogP contribution >= 0.6 is 31.9 Å². The fourth-order valence-electron chi connectivity index (χ4n) is 1.76. The number of nitro groups is 1. The maximum absolute atomic E-state index is 10.9. The number of non-ortho nitro benzene ring substituents is 1. The van der Waals surface area contributed by atoms with E-state index in [1.807, 2.05) is 0 Å². The fourth-order valence-corrected chi connectivity index (χ4v) is 2.92. The van der Waals surface area contributed by atoms with Crippen molar-refractivity contribution >= 4 is 49.4 Å². The summed E-state index contributed by atoms with van der Waals surface area (Å²) in [5.74, 6) is -0.0146. The molecular formula is C14H10Br2N2O4. The molecule has 0 aliphatic heterocycles. The van der Waals surface area contributed by atoms with Crippen LogP contribution in [0.25, 0.3) is 0 Å². The van der Waals surface area contributed by atoms with Gasteiger partial charge in [-0.1, -0.05) is 0 Å². The minimum atomic E-state index is -0.530. The summed E-state index contributed by atoms with van der Waals surface area (Å²) < 4.78 is 0.905. The zero-order chi connectivity index (χ0) is 16.4. The largest absolute Gasteiger partial charge is 0.507 e. The molecule has 22 heavy (non-hydrogen) atoms. The minimum Gasteiger partial charge on any atom is -0.507 e. The topological polar surface area (TPSA) is 96.0 Å². The van der Waals surface area contributed by atoms with Crippen molar-refractivity contribution < 1.29 is 15.1 Å². The molecule has 0 amide bonds. The van der Waals surface area contributed by atoms with Gasteiger partial charge in [-0.25, -0.2) is 0 Å². The SMILES string of the molecule is Cc1cc([N+](=O)[O-])cc(C=Nc2cc(Br)c(O)c(Br)c2)c1O. The van der Waals surface area contributed by atoms with Gasteiger partial charge in [0.15, 0.2) is 0 Å². The number of rotatable bonds is 3.